The van der Waals surface area contributed by atoms with Gasteiger partial charge in [0, 0.05) is 39.9 Å². The molecule has 5 rings (SSSR count). The predicted molar refractivity (Wildman–Crippen MR) is 139 cm³/mol. The van der Waals surface area contributed by atoms with E-state index in [4.69, 9.17) is 0 Å². The standard InChI is InChI=1S/C7H8.C5H7NO2.C5H9NO.2C5H11N/c1-7-5-3-2-4-6-7;1-6-4(7)2-3-5(6)8;1-6-4-2-3-5(6)7;2*1-6-4-2-3-5-6/h2-6H,1H3;2-3H2,1H3;2-4H2,1H3;2*2-5H2,1H3. The molecule has 4 aliphatic rings. The van der Waals surface area contributed by atoms with Crippen molar-refractivity contribution < 1.29 is 14.4 Å². The van der Waals surface area contributed by atoms with E-state index in [2.05, 4.69) is 43.0 Å². The van der Waals surface area contributed by atoms with Crippen LogP contribution in [0.1, 0.15) is 56.9 Å². The second-order valence-electron chi connectivity index (χ2n) is 9.44. The van der Waals surface area contributed by atoms with Crippen molar-refractivity contribution in [2.24, 2.45) is 0 Å². The van der Waals surface area contributed by atoms with Crippen LogP contribution in [0.5, 0.6) is 0 Å². The van der Waals surface area contributed by atoms with Gasteiger partial charge in [0.15, 0.2) is 0 Å². The van der Waals surface area contributed by atoms with Crippen LogP contribution in [-0.4, -0.2) is 98.2 Å². The van der Waals surface area contributed by atoms with Gasteiger partial charge in [0.05, 0.1) is 0 Å². The molecule has 0 N–H and O–H groups in total. The molecule has 0 atom stereocenters. The third-order valence-corrected chi connectivity index (χ3v) is 6.21. The highest BCUT2D eigenvalue weighted by molar-refractivity contribution is 6.01. The lowest BCUT2D eigenvalue weighted by Gasteiger charge is -2.03. The van der Waals surface area contributed by atoms with Crippen molar-refractivity contribution in [3.63, 3.8) is 0 Å². The zero-order chi connectivity index (χ0) is 25.3. The Hall–Kier alpha value is -2.25. The minimum atomic E-state index is -0.0602. The number of hydrogen-bond donors (Lipinski definition) is 0. The summed E-state index contributed by atoms with van der Waals surface area (Å²) in [6.45, 7) is 8.32. The number of nitrogens with zero attached hydrogens (tertiary/aromatic N) is 4. The van der Waals surface area contributed by atoms with Crippen LogP contribution in [-0.2, 0) is 14.4 Å². The van der Waals surface area contributed by atoms with Gasteiger partial charge in [0.1, 0.15) is 0 Å². The van der Waals surface area contributed by atoms with E-state index in [1.807, 2.05) is 25.2 Å². The van der Waals surface area contributed by atoms with Crippen LogP contribution in [0.2, 0.25) is 0 Å². The van der Waals surface area contributed by atoms with Gasteiger partial charge in [-0.3, -0.25) is 19.3 Å². The van der Waals surface area contributed by atoms with Gasteiger partial charge in [0.25, 0.3) is 0 Å². The molecule has 4 saturated heterocycles. The molecule has 0 aliphatic carbocycles. The van der Waals surface area contributed by atoms with Crippen molar-refractivity contribution in [3.05, 3.63) is 35.9 Å². The summed E-state index contributed by atoms with van der Waals surface area (Å²) in [5.74, 6) is 0.171. The fraction of sp³-hybridized carbons (Fsp3) is 0.667. The number of aryl methyl sites for hydroxylation is 1. The molecule has 0 unspecified atom stereocenters. The Labute approximate surface area is 207 Å². The van der Waals surface area contributed by atoms with E-state index in [9.17, 15) is 14.4 Å². The lowest BCUT2D eigenvalue weighted by Crippen LogP contribution is -2.23. The first-order valence-corrected chi connectivity index (χ1v) is 12.6. The molecular formula is C27H46N4O3. The van der Waals surface area contributed by atoms with Crippen LogP contribution in [0.3, 0.4) is 0 Å². The number of imide groups is 1. The summed E-state index contributed by atoms with van der Waals surface area (Å²) in [4.78, 5) is 39.1. The molecule has 1 aromatic carbocycles. The first kappa shape index (κ1) is 29.8. The van der Waals surface area contributed by atoms with E-state index < -0.39 is 0 Å². The SMILES string of the molecule is CN1C(=O)CCC1=O.CN1CCCC1.CN1CCCC1.CN1CCCC1=O.Cc1ccccc1. The number of likely N-dealkylation sites (tertiary alicyclic amines) is 4. The number of amides is 3. The van der Waals surface area contributed by atoms with Gasteiger partial charge in [-0.1, -0.05) is 35.9 Å². The van der Waals surface area contributed by atoms with Gasteiger partial charge >= 0.3 is 0 Å². The number of carbonyl (C=O) groups excluding carboxylic acids is 3. The largest absolute Gasteiger partial charge is 0.346 e. The van der Waals surface area contributed by atoms with E-state index in [1.54, 1.807) is 4.90 Å². The van der Waals surface area contributed by atoms with E-state index in [-0.39, 0.29) is 11.8 Å². The van der Waals surface area contributed by atoms with E-state index >= 15 is 0 Å². The van der Waals surface area contributed by atoms with Gasteiger partial charge in [-0.15, -0.1) is 0 Å². The Bertz CT molecular complexity index is 684. The Kier molecular flexibility index (Phi) is 15.1. The van der Waals surface area contributed by atoms with E-state index in [0.717, 1.165) is 19.4 Å². The smallest absolute Gasteiger partial charge is 0.229 e. The van der Waals surface area contributed by atoms with Gasteiger partial charge in [0.2, 0.25) is 17.7 Å². The fourth-order valence-electron chi connectivity index (χ4n) is 3.76. The molecule has 4 fully saturated rings. The highest BCUT2D eigenvalue weighted by atomic mass is 16.2. The minimum absolute atomic E-state index is 0.0602. The Balaban J connectivity index is 0.000000213. The van der Waals surface area contributed by atoms with Crippen LogP contribution in [0, 0.1) is 6.92 Å². The van der Waals surface area contributed by atoms with Crippen molar-refractivity contribution in [2.75, 3.05) is 60.9 Å². The molecule has 0 saturated carbocycles. The van der Waals surface area contributed by atoms with Gasteiger partial charge in [-0.25, -0.2) is 0 Å². The normalized spacial score (nSPS) is 20.0. The number of hydrogen-bond acceptors (Lipinski definition) is 5. The molecule has 4 aliphatic heterocycles. The summed E-state index contributed by atoms with van der Waals surface area (Å²) in [5.41, 5.74) is 1.32. The summed E-state index contributed by atoms with van der Waals surface area (Å²) in [5, 5.41) is 0. The average Bonchev–Trinajstić information content (AvgIpc) is 3.62. The zero-order valence-corrected chi connectivity index (χ0v) is 22.1. The Morgan fingerprint density at radius 1 is 0.559 bits per heavy atom. The molecular weight excluding hydrogens is 428 g/mol. The zero-order valence-electron chi connectivity index (χ0n) is 22.1. The van der Waals surface area contributed by atoms with Crippen molar-refractivity contribution in [1.82, 2.24) is 19.6 Å². The first-order chi connectivity index (χ1) is 16.2. The second kappa shape index (κ2) is 17.2. The average molecular weight is 475 g/mol. The molecule has 3 amide bonds. The maximum atomic E-state index is 10.5. The maximum Gasteiger partial charge on any atom is 0.229 e. The van der Waals surface area contributed by atoms with Crippen LogP contribution < -0.4 is 0 Å². The molecule has 7 nitrogen and oxygen atoms in total. The number of benzene rings is 1. The van der Waals surface area contributed by atoms with E-state index in [1.165, 1.54) is 69.4 Å². The highest BCUT2D eigenvalue weighted by Gasteiger charge is 2.24. The van der Waals surface area contributed by atoms with Crippen molar-refractivity contribution in [3.8, 4) is 0 Å². The molecule has 0 spiro atoms. The monoisotopic (exact) mass is 474 g/mol. The first-order valence-electron chi connectivity index (χ1n) is 12.6. The van der Waals surface area contributed by atoms with Crippen molar-refractivity contribution >= 4 is 17.7 Å². The van der Waals surface area contributed by atoms with Gasteiger partial charge < -0.3 is 14.7 Å². The summed E-state index contributed by atoms with van der Waals surface area (Å²) < 4.78 is 0. The maximum absolute atomic E-state index is 10.5. The lowest BCUT2D eigenvalue weighted by atomic mass is 10.2. The topological polar surface area (TPSA) is 64.2 Å². The molecule has 4 heterocycles. The predicted octanol–water partition coefficient (Wildman–Crippen LogP) is 3.42. The second-order valence-corrected chi connectivity index (χ2v) is 9.44. The molecule has 0 aromatic heterocycles. The highest BCUT2D eigenvalue weighted by Crippen LogP contribution is 2.07. The Morgan fingerprint density at radius 3 is 1.15 bits per heavy atom. The lowest BCUT2D eigenvalue weighted by molar-refractivity contribution is -0.136. The molecule has 0 radical (unpaired) electrons. The van der Waals surface area contributed by atoms with Crippen LogP contribution >= 0.6 is 0 Å². The van der Waals surface area contributed by atoms with E-state index in [0.29, 0.717) is 18.7 Å². The molecule has 192 valence electrons. The molecule has 1 aromatic rings. The molecule has 0 bridgehead atoms. The Morgan fingerprint density at radius 2 is 1.00 bits per heavy atom. The summed E-state index contributed by atoms with van der Waals surface area (Å²) in [7, 11) is 7.70. The molecule has 34 heavy (non-hydrogen) atoms. The van der Waals surface area contributed by atoms with Crippen molar-refractivity contribution in [2.45, 2.75) is 58.3 Å². The summed E-state index contributed by atoms with van der Waals surface area (Å²) in [6, 6.07) is 10.3. The van der Waals surface area contributed by atoms with Crippen LogP contribution in [0.4, 0.5) is 0 Å². The third kappa shape index (κ3) is 13.5. The summed E-state index contributed by atoms with van der Waals surface area (Å²) >= 11 is 0. The fourth-order valence-corrected chi connectivity index (χ4v) is 3.76. The number of rotatable bonds is 0. The summed E-state index contributed by atoms with van der Waals surface area (Å²) in [6.07, 6.45) is 8.26. The number of carbonyl (C=O) groups is 3. The molecule has 7 heteroatoms. The van der Waals surface area contributed by atoms with Crippen molar-refractivity contribution in [1.29, 1.82) is 0 Å². The third-order valence-electron chi connectivity index (χ3n) is 6.21. The van der Waals surface area contributed by atoms with Gasteiger partial charge in [-0.2, -0.15) is 0 Å². The van der Waals surface area contributed by atoms with Crippen LogP contribution in [0.15, 0.2) is 30.3 Å². The van der Waals surface area contributed by atoms with Gasteiger partial charge in [-0.05, 0) is 79.3 Å². The van der Waals surface area contributed by atoms with Crippen LogP contribution in [0.25, 0.3) is 0 Å². The quantitative estimate of drug-likeness (QED) is 0.539. The minimum Gasteiger partial charge on any atom is -0.346 e.